The van der Waals surface area contributed by atoms with Crippen LogP contribution < -0.4 is 15.4 Å². The lowest BCUT2D eigenvalue weighted by Crippen LogP contribution is -2.31. The van der Waals surface area contributed by atoms with E-state index in [0.29, 0.717) is 11.3 Å². The zero-order valence-electron chi connectivity index (χ0n) is 15.7. The molecule has 146 valence electrons. The number of nitrogens with zero attached hydrogens (tertiary/aromatic N) is 2. The van der Waals surface area contributed by atoms with Gasteiger partial charge in [-0.3, -0.25) is 4.98 Å². The highest BCUT2D eigenvalue weighted by Gasteiger charge is 2.11. The number of ether oxygens (including phenoxy) is 1. The van der Waals surface area contributed by atoms with Crippen molar-refractivity contribution in [2.45, 2.75) is 19.6 Å². The first-order valence-corrected chi connectivity index (χ1v) is 8.94. The number of hydrogen-bond donors (Lipinski definition) is 2. The molecule has 29 heavy (non-hydrogen) atoms. The number of pyridine rings is 1. The fourth-order valence-corrected chi connectivity index (χ4v) is 2.69. The minimum Gasteiger partial charge on any atom is -0.486 e. The second-order valence-corrected chi connectivity index (χ2v) is 6.35. The Labute approximate surface area is 168 Å². The van der Waals surface area contributed by atoms with Crippen LogP contribution >= 0.6 is 0 Å². The van der Waals surface area contributed by atoms with E-state index in [9.17, 15) is 9.18 Å². The van der Waals surface area contributed by atoms with E-state index in [-0.39, 0.29) is 18.4 Å². The predicted octanol–water partition coefficient (Wildman–Crippen LogP) is 4.55. The molecule has 0 saturated carbocycles. The van der Waals surface area contributed by atoms with E-state index in [1.807, 2.05) is 25.1 Å². The number of amides is 2. The second-order valence-electron chi connectivity index (χ2n) is 6.35. The molecule has 0 saturated heterocycles. The number of nitrogens with one attached hydrogen (secondary N) is 2. The molecule has 3 aromatic rings. The maximum atomic E-state index is 14.3. The van der Waals surface area contributed by atoms with Gasteiger partial charge in [0.1, 0.15) is 6.61 Å². The van der Waals surface area contributed by atoms with Gasteiger partial charge in [0.15, 0.2) is 11.6 Å². The van der Waals surface area contributed by atoms with E-state index in [0.717, 1.165) is 11.1 Å². The van der Waals surface area contributed by atoms with Crippen LogP contribution in [0.4, 0.5) is 14.9 Å². The lowest BCUT2D eigenvalue weighted by molar-refractivity contribution is 0.249. The van der Waals surface area contributed by atoms with Crippen LogP contribution in [0.15, 0.2) is 67.0 Å². The molecule has 1 unspecified atom stereocenters. The van der Waals surface area contributed by atoms with Crippen molar-refractivity contribution in [2.75, 3.05) is 5.32 Å². The molecule has 1 aromatic heterocycles. The summed E-state index contributed by atoms with van der Waals surface area (Å²) in [7, 11) is 0. The minimum atomic E-state index is -0.596. The maximum absolute atomic E-state index is 14.3. The van der Waals surface area contributed by atoms with Crippen molar-refractivity contribution in [2.24, 2.45) is 0 Å². The third-order valence-corrected chi connectivity index (χ3v) is 4.19. The summed E-state index contributed by atoms with van der Waals surface area (Å²) in [6, 6.07) is 16.1. The highest BCUT2D eigenvalue weighted by molar-refractivity contribution is 5.89. The first-order chi connectivity index (χ1) is 14.0. The van der Waals surface area contributed by atoms with Crippen LogP contribution in [0.25, 0.3) is 0 Å². The van der Waals surface area contributed by atoms with Crippen molar-refractivity contribution in [3.8, 4) is 11.8 Å². The average molecular weight is 390 g/mol. The Morgan fingerprint density at radius 3 is 2.72 bits per heavy atom. The first-order valence-electron chi connectivity index (χ1n) is 8.94. The Balaban J connectivity index is 1.57. The summed E-state index contributed by atoms with van der Waals surface area (Å²) in [5, 5.41) is 14.3. The van der Waals surface area contributed by atoms with Crippen LogP contribution in [-0.2, 0) is 6.61 Å². The first kappa shape index (κ1) is 19.8. The SMILES string of the molecule is CC(NC(=O)Nc1ccc(OCc2cccc(C#N)c2)c(F)c1)c1ccncc1. The third-order valence-electron chi connectivity index (χ3n) is 4.19. The molecule has 0 spiro atoms. The number of benzene rings is 2. The van der Waals surface area contributed by atoms with Crippen molar-refractivity contribution < 1.29 is 13.9 Å². The molecule has 7 heteroatoms. The Kier molecular flexibility index (Phi) is 6.38. The van der Waals surface area contributed by atoms with Gasteiger partial charge in [0.25, 0.3) is 0 Å². The normalized spacial score (nSPS) is 11.2. The monoisotopic (exact) mass is 390 g/mol. The zero-order chi connectivity index (χ0) is 20.6. The Morgan fingerprint density at radius 1 is 1.21 bits per heavy atom. The minimum absolute atomic E-state index is 0.0588. The molecule has 0 radical (unpaired) electrons. The van der Waals surface area contributed by atoms with Crippen LogP contribution in [0.3, 0.4) is 0 Å². The molecule has 0 aliphatic carbocycles. The molecule has 6 nitrogen and oxygen atoms in total. The fraction of sp³-hybridized carbons (Fsp3) is 0.136. The number of anilines is 1. The topological polar surface area (TPSA) is 87.0 Å². The molecule has 0 aliphatic rings. The van der Waals surface area contributed by atoms with Crippen LogP contribution in [0, 0.1) is 17.1 Å². The molecule has 2 N–H and O–H groups in total. The van der Waals surface area contributed by atoms with Crippen molar-refractivity contribution in [1.82, 2.24) is 10.3 Å². The second kappa shape index (κ2) is 9.33. The van der Waals surface area contributed by atoms with Gasteiger partial charge in [-0.25, -0.2) is 9.18 Å². The van der Waals surface area contributed by atoms with Gasteiger partial charge in [0, 0.05) is 24.1 Å². The number of hydrogen-bond acceptors (Lipinski definition) is 4. The molecule has 0 fully saturated rings. The number of carbonyl (C=O) groups excluding carboxylic acids is 1. The molecular formula is C22H19FN4O2. The standard InChI is InChI=1S/C22H19FN4O2/c1-15(18-7-9-25-10-8-18)26-22(28)27-19-5-6-21(20(23)12-19)29-14-17-4-2-3-16(11-17)13-24/h2-12,15H,14H2,1H3,(H2,26,27,28). The van der Waals surface area contributed by atoms with E-state index in [2.05, 4.69) is 15.6 Å². The summed E-state index contributed by atoms with van der Waals surface area (Å²) in [5.41, 5.74) is 2.49. The lowest BCUT2D eigenvalue weighted by Gasteiger charge is -2.15. The summed E-state index contributed by atoms with van der Waals surface area (Å²) in [4.78, 5) is 16.1. The van der Waals surface area contributed by atoms with Gasteiger partial charge in [0.05, 0.1) is 17.7 Å². The Hall–Kier alpha value is -3.92. The van der Waals surface area contributed by atoms with Crippen LogP contribution in [0.1, 0.15) is 29.7 Å². The summed E-state index contributed by atoms with van der Waals surface area (Å²) >= 11 is 0. The molecule has 2 aromatic carbocycles. The molecule has 1 heterocycles. The van der Waals surface area contributed by atoms with Crippen LogP contribution in [-0.4, -0.2) is 11.0 Å². The smallest absolute Gasteiger partial charge is 0.319 e. The van der Waals surface area contributed by atoms with Gasteiger partial charge in [-0.05, 0) is 54.4 Å². The Bertz CT molecular complexity index is 1030. The number of carbonyl (C=O) groups is 1. The van der Waals surface area contributed by atoms with Gasteiger partial charge >= 0.3 is 6.03 Å². The van der Waals surface area contributed by atoms with Crippen molar-refractivity contribution in [3.63, 3.8) is 0 Å². The summed E-state index contributed by atoms with van der Waals surface area (Å²) in [6.45, 7) is 1.97. The van der Waals surface area contributed by atoms with Crippen molar-refractivity contribution >= 4 is 11.7 Å². The van der Waals surface area contributed by atoms with Gasteiger partial charge in [-0.2, -0.15) is 5.26 Å². The third kappa shape index (κ3) is 5.53. The van der Waals surface area contributed by atoms with Gasteiger partial charge < -0.3 is 15.4 Å². The average Bonchev–Trinajstić information content (AvgIpc) is 2.74. The van der Waals surface area contributed by atoms with Gasteiger partial charge in [0.2, 0.25) is 0 Å². The highest BCUT2D eigenvalue weighted by Crippen LogP contribution is 2.22. The summed E-state index contributed by atoms with van der Waals surface area (Å²) in [5.74, 6) is -0.537. The van der Waals surface area contributed by atoms with E-state index in [1.165, 1.54) is 12.1 Å². The summed E-state index contributed by atoms with van der Waals surface area (Å²) < 4.78 is 19.8. The number of rotatable bonds is 6. The predicted molar refractivity (Wildman–Crippen MR) is 107 cm³/mol. The number of nitriles is 1. The van der Waals surface area contributed by atoms with Crippen LogP contribution in [0.2, 0.25) is 0 Å². The van der Waals surface area contributed by atoms with E-state index >= 15 is 0 Å². The van der Waals surface area contributed by atoms with Gasteiger partial charge in [-0.1, -0.05) is 12.1 Å². The largest absolute Gasteiger partial charge is 0.486 e. The highest BCUT2D eigenvalue weighted by atomic mass is 19.1. The van der Waals surface area contributed by atoms with Gasteiger partial charge in [-0.15, -0.1) is 0 Å². The van der Waals surface area contributed by atoms with E-state index in [1.54, 1.807) is 42.7 Å². The fourth-order valence-electron chi connectivity index (χ4n) is 2.69. The van der Waals surface area contributed by atoms with Crippen LogP contribution in [0.5, 0.6) is 5.75 Å². The number of halogens is 1. The number of urea groups is 1. The van der Waals surface area contributed by atoms with Crippen molar-refractivity contribution in [1.29, 1.82) is 5.26 Å². The zero-order valence-corrected chi connectivity index (χ0v) is 15.7. The molecule has 0 bridgehead atoms. The molecule has 0 aliphatic heterocycles. The molecule has 3 rings (SSSR count). The van der Waals surface area contributed by atoms with E-state index in [4.69, 9.17) is 10.00 Å². The number of aromatic nitrogens is 1. The molecule has 2 amide bonds. The Morgan fingerprint density at radius 2 is 2.00 bits per heavy atom. The molecule has 1 atom stereocenters. The quantitative estimate of drug-likeness (QED) is 0.646. The van der Waals surface area contributed by atoms with E-state index < -0.39 is 11.8 Å². The molecular weight excluding hydrogens is 371 g/mol. The van der Waals surface area contributed by atoms with Crippen molar-refractivity contribution in [3.05, 3.63) is 89.5 Å². The maximum Gasteiger partial charge on any atom is 0.319 e. The lowest BCUT2D eigenvalue weighted by atomic mass is 10.1. The summed E-state index contributed by atoms with van der Waals surface area (Å²) in [6.07, 6.45) is 3.30.